The predicted octanol–water partition coefficient (Wildman–Crippen LogP) is 4.55. The summed E-state index contributed by atoms with van der Waals surface area (Å²) >= 11 is 3.89. The van der Waals surface area contributed by atoms with E-state index in [-0.39, 0.29) is 4.83 Å². The fourth-order valence-corrected chi connectivity index (χ4v) is 3.85. The van der Waals surface area contributed by atoms with Crippen LogP contribution < -0.4 is 9.47 Å². The Bertz CT molecular complexity index is 614. The highest BCUT2D eigenvalue weighted by Gasteiger charge is 2.29. The SMILES string of the molecule is COc1ccc(C(Br)C2Cc3ccccc3C2)c(OC)c1. The van der Waals surface area contributed by atoms with Crippen molar-refractivity contribution in [1.82, 2.24) is 0 Å². The lowest BCUT2D eigenvalue weighted by molar-refractivity contribution is 0.387. The van der Waals surface area contributed by atoms with Crippen LogP contribution in [0, 0.1) is 5.92 Å². The number of ether oxygens (including phenoxy) is 2. The number of methoxy groups -OCH3 is 2. The van der Waals surface area contributed by atoms with Gasteiger partial charge in [-0.1, -0.05) is 46.3 Å². The Morgan fingerprint density at radius 2 is 1.67 bits per heavy atom. The van der Waals surface area contributed by atoms with Crippen LogP contribution in [-0.2, 0) is 12.8 Å². The molecule has 2 aromatic rings. The molecule has 1 unspecified atom stereocenters. The van der Waals surface area contributed by atoms with Crippen LogP contribution >= 0.6 is 15.9 Å². The molecule has 0 amide bonds. The van der Waals surface area contributed by atoms with Crippen molar-refractivity contribution in [3.8, 4) is 11.5 Å². The summed E-state index contributed by atoms with van der Waals surface area (Å²) in [6.07, 6.45) is 2.22. The van der Waals surface area contributed by atoms with Crippen LogP contribution in [0.4, 0.5) is 0 Å². The van der Waals surface area contributed by atoms with Crippen molar-refractivity contribution in [3.63, 3.8) is 0 Å². The minimum Gasteiger partial charge on any atom is -0.497 e. The normalized spacial score (nSPS) is 15.6. The first kappa shape index (κ1) is 14.5. The third-order valence-corrected chi connectivity index (χ3v) is 5.48. The van der Waals surface area contributed by atoms with Gasteiger partial charge in [-0.2, -0.15) is 0 Å². The highest BCUT2D eigenvalue weighted by molar-refractivity contribution is 9.09. The molecule has 110 valence electrons. The van der Waals surface area contributed by atoms with Crippen molar-refractivity contribution in [2.24, 2.45) is 5.92 Å². The molecule has 1 aliphatic carbocycles. The van der Waals surface area contributed by atoms with Crippen LogP contribution in [-0.4, -0.2) is 14.2 Å². The maximum Gasteiger partial charge on any atom is 0.126 e. The van der Waals surface area contributed by atoms with E-state index < -0.39 is 0 Å². The first-order valence-corrected chi connectivity index (χ1v) is 8.07. The van der Waals surface area contributed by atoms with Crippen molar-refractivity contribution in [2.75, 3.05) is 14.2 Å². The fraction of sp³-hybridized carbons (Fsp3) is 0.333. The van der Waals surface area contributed by atoms with Gasteiger partial charge >= 0.3 is 0 Å². The number of alkyl halides is 1. The van der Waals surface area contributed by atoms with Crippen LogP contribution in [0.25, 0.3) is 0 Å². The molecule has 0 heterocycles. The number of hydrogen-bond donors (Lipinski definition) is 0. The molecule has 0 aliphatic heterocycles. The van der Waals surface area contributed by atoms with Crippen molar-refractivity contribution in [2.45, 2.75) is 17.7 Å². The lowest BCUT2D eigenvalue weighted by atomic mass is 9.95. The van der Waals surface area contributed by atoms with Gasteiger partial charge in [0.1, 0.15) is 11.5 Å². The molecule has 1 atom stereocenters. The predicted molar refractivity (Wildman–Crippen MR) is 88.6 cm³/mol. The van der Waals surface area contributed by atoms with Gasteiger partial charge in [-0.3, -0.25) is 0 Å². The average Bonchev–Trinajstić information content (AvgIpc) is 2.97. The second-order valence-electron chi connectivity index (χ2n) is 5.45. The molecule has 0 N–H and O–H groups in total. The van der Waals surface area contributed by atoms with Crippen LogP contribution in [0.15, 0.2) is 42.5 Å². The summed E-state index contributed by atoms with van der Waals surface area (Å²) in [6.45, 7) is 0. The zero-order valence-corrected chi connectivity index (χ0v) is 13.9. The largest absolute Gasteiger partial charge is 0.497 e. The summed E-state index contributed by atoms with van der Waals surface area (Å²) in [5.74, 6) is 2.27. The Hall–Kier alpha value is -1.48. The molecule has 21 heavy (non-hydrogen) atoms. The van der Waals surface area contributed by atoms with E-state index in [9.17, 15) is 0 Å². The molecule has 0 bridgehead atoms. The van der Waals surface area contributed by atoms with E-state index in [1.807, 2.05) is 12.1 Å². The third-order valence-electron chi connectivity index (χ3n) is 4.23. The highest BCUT2D eigenvalue weighted by atomic mass is 79.9. The zero-order valence-electron chi connectivity index (χ0n) is 12.3. The van der Waals surface area contributed by atoms with Crippen molar-refractivity contribution >= 4 is 15.9 Å². The molecule has 0 aromatic heterocycles. The van der Waals surface area contributed by atoms with Crippen LogP contribution in [0.2, 0.25) is 0 Å². The minimum atomic E-state index is 0.283. The Labute approximate surface area is 134 Å². The molecule has 0 saturated heterocycles. The first-order chi connectivity index (χ1) is 10.2. The van der Waals surface area contributed by atoms with E-state index >= 15 is 0 Å². The molecule has 3 rings (SSSR count). The number of benzene rings is 2. The maximum absolute atomic E-state index is 5.54. The summed E-state index contributed by atoms with van der Waals surface area (Å²) in [5.41, 5.74) is 4.13. The number of hydrogen-bond acceptors (Lipinski definition) is 2. The average molecular weight is 347 g/mol. The molecule has 0 saturated carbocycles. The van der Waals surface area contributed by atoms with Gasteiger partial charge < -0.3 is 9.47 Å². The third kappa shape index (κ3) is 2.80. The van der Waals surface area contributed by atoms with Gasteiger partial charge in [0.25, 0.3) is 0 Å². The van der Waals surface area contributed by atoms with E-state index in [0.29, 0.717) is 5.92 Å². The summed E-state index contributed by atoms with van der Waals surface area (Å²) in [4.78, 5) is 0.283. The second kappa shape index (κ2) is 6.10. The topological polar surface area (TPSA) is 18.5 Å². The van der Waals surface area contributed by atoms with E-state index in [2.05, 4.69) is 46.3 Å². The van der Waals surface area contributed by atoms with Gasteiger partial charge in [-0.25, -0.2) is 0 Å². The summed E-state index contributed by atoms with van der Waals surface area (Å²) in [5, 5.41) is 0. The Kier molecular flexibility index (Phi) is 4.20. The molecule has 3 heteroatoms. The summed E-state index contributed by atoms with van der Waals surface area (Å²) < 4.78 is 10.8. The lowest BCUT2D eigenvalue weighted by Crippen LogP contribution is -2.09. The van der Waals surface area contributed by atoms with Gasteiger partial charge in [0, 0.05) is 16.5 Å². The molecular formula is C18H19BrO2. The van der Waals surface area contributed by atoms with Crippen molar-refractivity contribution < 1.29 is 9.47 Å². The Balaban J connectivity index is 1.85. The number of rotatable bonds is 4. The quantitative estimate of drug-likeness (QED) is 0.755. The number of fused-ring (bicyclic) bond motifs is 1. The zero-order chi connectivity index (χ0) is 14.8. The summed E-state index contributed by atoms with van der Waals surface area (Å²) in [6, 6.07) is 14.8. The van der Waals surface area contributed by atoms with Crippen LogP contribution in [0.1, 0.15) is 21.5 Å². The van der Waals surface area contributed by atoms with Crippen LogP contribution in [0.3, 0.4) is 0 Å². The smallest absolute Gasteiger partial charge is 0.126 e. The van der Waals surface area contributed by atoms with Gasteiger partial charge in [0.05, 0.1) is 14.2 Å². The van der Waals surface area contributed by atoms with Crippen molar-refractivity contribution in [1.29, 1.82) is 0 Å². The maximum atomic E-state index is 5.54. The number of halogens is 1. The monoisotopic (exact) mass is 346 g/mol. The molecular weight excluding hydrogens is 328 g/mol. The van der Waals surface area contributed by atoms with Gasteiger partial charge in [-0.15, -0.1) is 0 Å². The molecule has 0 fully saturated rings. The van der Waals surface area contributed by atoms with Gasteiger partial charge in [-0.05, 0) is 36.0 Å². The minimum absolute atomic E-state index is 0.283. The van der Waals surface area contributed by atoms with E-state index in [1.54, 1.807) is 14.2 Å². The molecule has 0 spiro atoms. The molecule has 1 aliphatic rings. The lowest BCUT2D eigenvalue weighted by Gasteiger charge is -2.20. The Morgan fingerprint density at radius 3 is 2.24 bits per heavy atom. The fourth-order valence-electron chi connectivity index (χ4n) is 3.10. The molecule has 0 radical (unpaired) electrons. The second-order valence-corrected chi connectivity index (χ2v) is 6.43. The van der Waals surface area contributed by atoms with Gasteiger partial charge in [0.2, 0.25) is 0 Å². The first-order valence-electron chi connectivity index (χ1n) is 7.15. The standard InChI is InChI=1S/C18H19BrO2/c1-20-15-7-8-16(17(11-15)21-2)18(19)14-9-12-5-3-4-6-13(12)10-14/h3-8,11,14,18H,9-10H2,1-2H3. The van der Waals surface area contributed by atoms with Crippen LogP contribution in [0.5, 0.6) is 11.5 Å². The molecule has 2 aromatic carbocycles. The van der Waals surface area contributed by atoms with E-state index in [0.717, 1.165) is 24.3 Å². The Morgan fingerprint density at radius 1 is 1.00 bits per heavy atom. The molecule has 2 nitrogen and oxygen atoms in total. The van der Waals surface area contributed by atoms with Crippen molar-refractivity contribution in [3.05, 3.63) is 59.2 Å². The summed E-state index contributed by atoms with van der Waals surface area (Å²) in [7, 11) is 3.38. The van der Waals surface area contributed by atoms with Gasteiger partial charge in [0.15, 0.2) is 0 Å². The van der Waals surface area contributed by atoms with E-state index in [4.69, 9.17) is 9.47 Å². The highest BCUT2D eigenvalue weighted by Crippen LogP contribution is 2.44. The van der Waals surface area contributed by atoms with E-state index in [1.165, 1.54) is 16.7 Å².